The molecule has 3 aromatic heterocycles. The van der Waals surface area contributed by atoms with Crippen LogP contribution in [-0.2, 0) is 0 Å². The van der Waals surface area contributed by atoms with Crippen molar-refractivity contribution in [2.45, 2.75) is 0 Å². The molecule has 0 aliphatic carbocycles. The summed E-state index contributed by atoms with van der Waals surface area (Å²) in [5.74, 6) is 0.315. The molecule has 0 aliphatic rings. The van der Waals surface area contributed by atoms with Crippen molar-refractivity contribution in [3.8, 4) is 11.3 Å². The first-order valence-electron chi connectivity index (χ1n) is 5.90. The summed E-state index contributed by atoms with van der Waals surface area (Å²) in [5, 5.41) is 6.14. The SMILES string of the molecule is Nc1cc(-c2ccc3[nH]c4ncccc4c3c2)no1. The van der Waals surface area contributed by atoms with E-state index in [2.05, 4.69) is 21.2 Å². The number of anilines is 1. The predicted molar refractivity (Wildman–Crippen MR) is 73.5 cm³/mol. The van der Waals surface area contributed by atoms with E-state index >= 15 is 0 Å². The normalized spacial score (nSPS) is 11.4. The van der Waals surface area contributed by atoms with Gasteiger partial charge in [-0.05, 0) is 24.3 Å². The standard InChI is InChI=1S/C14H10N4O/c15-13-7-12(18-19-13)8-3-4-11-10(6-8)9-2-1-5-16-14(9)17-11/h1-7H,15H2,(H,16,17). The topological polar surface area (TPSA) is 80.7 Å². The van der Waals surface area contributed by atoms with Crippen molar-refractivity contribution in [3.05, 3.63) is 42.6 Å². The van der Waals surface area contributed by atoms with Crippen LogP contribution in [0.1, 0.15) is 0 Å². The number of nitrogens with one attached hydrogen (secondary N) is 1. The summed E-state index contributed by atoms with van der Waals surface area (Å²) in [4.78, 5) is 7.60. The van der Waals surface area contributed by atoms with Crippen molar-refractivity contribution in [2.75, 3.05) is 5.73 Å². The molecule has 3 N–H and O–H groups in total. The van der Waals surface area contributed by atoms with Crippen LogP contribution in [0.5, 0.6) is 0 Å². The van der Waals surface area contributed by atoms with E-state index in [-0.39, 0.29) is 0 Å². The third kappa shape index (κ3) is 1.48. The number of fused-ring (bicyclic) bond motifs is 3. The van der Waals surface area contributed by atoms with E-state index in [4.69, 9.17) is 10.3 Å². The summed E-state index contributed by atoms with van der Waals surface area (Å²) in [6.45, 7) is 0. The summed E-state index contributed by atoms with van der Waals surface area (Å²) in [6.07, 6.45) is 1.77. The molecule has 0 aliphatic heterocycles. The van der Waals surface area contributed by atoms with Gasteiger partial charge >= 0.3 is 0 Å². The molecule has 4 aromatic rings. The number of nitrogens with two attached hydrogens (primary N) is 1. The van der Waals surface area contributed by atoms with Crippen molar-refractivity contribution in [1.29, 1.82) is 0 Å². The van der Waals surface area contributed by atoms with Gasteiger partial charge in [0.2, 0.25) is 5.88 Å². The number of hydrogen-bond donors (Lipinski definition) is 2. The van der Waals surface area contributed by atoms with Crippen molar-refractivity contribution >= 4 is 27.8 Å². The van der Waals surface area contributed by atoms with Crippen LogP contribution in [0.4, 0.5) is 5.88 Å². The summed E-state index contributed by atoms with van der Waals surface area (Å²) in [6, 6.07) is 11.7. The van der Waals surface area contributed by atoms with Crippen LogP contribution in [-0.4, -0.2) is 15.1 Å². The minimum Gasteiger partial charge on any atom is -0.368 e. The van der Waals surface area contributed by atoms with Crippen molar-refractivity contribution in [2.24, 2.45) is 0 Å². The number of H-pyrrole nitrogens is 1. The van der Waals surface area contributed by atoms with Gasteiger partial charge in [0, 0.05) is 34.1 Å². The molecule has 0 unspecified atom stereocenters. The highest BCUT2D eigenvalue weighted by Crippen LogP contribution is 2.29. The van der Waals surface area contributed by atoms with E-state index in [0.29, 0.717) is 5.88 Å². The number of nitrogens with zero attached hydrogens (tertiary/aromatic N) is 2. The van der Waals surface area contributed by atoms with Gasteiger partial charge < -0.3 is 15.2 Å². The van der Waals surface area contributed by atoms with E-state index in [0.717, 1.165) is 33.2 Å². The third-order valence-corrected chi connectivity index (χ3v) is 3.19. The minimum atomic E-state index is 0.315. The van der Waals surface area contributed by atoms with Crippen LogP contribution >= 0.6 is 0 Å². The predicted octanol–water partition coefficient (Wildman–Crippen LogP) is 2.95. The second-order valence-electron chi connectivity index (χ2n) is 4.40. The molecule has 0 amide bonds. The summed E-state index contributed by atoms with van der Waals surface area (Å²) < 4.78 is 4.91. The monoisotopic (exact) mass is 250 g/mol. The fourth-order valence-corrected chi connectivity index (χ4v) is 2.31. The van der Waals surface area contributed by atoms with E-state index in [1.807, 2.05) is 24.3 Å². The van der Waals surface area contributed by atoms with Gasteiger partial charge in [-0.2, -0.15) is 0 Å². The first kappa shape index (κ1) is 10.1. The highest BCUT2D eigenvalue weighted by molar-refractivity contribution is 6.07. The van der Waals surface area contributed by atoms with Crippen LogP contribution < -0.4 is 5.73 Å². The Morgan fingerprint density at radius 1 is 1.11 bits per heavy atom. The average molecular weight is 250 g/mol. The van der Waals surface area contributed by atoms with E-state index in [1.54, 1.807) is 12.3 Å². The minimum absolute atomic E-state index is 0.315. The lowest BCUT2D eigenvalue weighted by Crippen LogP contribution is -1.78. The number of aromatic amines is 1. The lowest BCUT2D eigenvalue weighted by molar-refractivity contribution is 0.439. The fraction of sp³-hybridized carbons (Fsp3) is 0. The Morgan fingerprint density at radius 2 is 2.05 bits per heavy atom. The molecule has 0 saturated carbocycles. The Balaban J connectivity index is 2.02. The highest BCUT2D eigenvalue weighted by Gasteiger charge is 2.08. The number of nitrogen functional groups attached to an aromatic ring is 1. The molecule has 3 heterocycles. The zero-order chi connectivity index (χ0) is 12.8. The first-order valence-corrected chi connectivity index (χ1v) is 5.90. The smallest absolute Gasteiger partial charge is 0.222 e. The number of hydrogen-bond acceptors (Lipinski definition) is 4. The van der Waals surface area contributed by atoms with E-state index in [1.165, 1.54) is 0 Å². The first-order chi connectivity index (χ1) is 9.31. The van der Waals surface area contributed by atoms with Gasteiger partial charge in [0.1, 0.15) is 11.3 Å². The maximum absolute atomic E-state index is 5.55. The van der Waals surface area contributed by atoms with Gasteiger partial charge in [-0.15, -0.1) is 0 Å². The van der Waals surface area contributed by atoms with Gasteiger partial charge in [0.05, 0.1) is 0 Å². The molecule has 5 nitrogen and oxygen atoms in total. The summed E-state index contributed by atoms with van der Waals surface area (Å²) >= 11 is 0. The molecule has 0 saturated heterocycles. The van der Waals surface area contributed by atoms with Crippen LogP contribution in [0.25, 0.3) is 33.2 Å². The van der Waals surface area contributed by atoms with Gasteiger partial charge in [0.15, 0.2) is 0 Å². The molecular weight excluding hydrogens is 240 g/mol. The van der Waals surface area contributed by atoms with Crippen molar-refractivity contribution in [3.63, 3.8) is 0 Å². The molecule has 4 rings (SSSR count). The lowest BCUT2D eigenvalue weighted by atomic mass is 10.1. The van der Waals surface area contributed by atoms with E-state index in [9.17, 15) is 0 Å². The molecule has 19 heavy (non-hydrogen) atoms. The van der Waals surface area contributed by atoms with Gasteiger partial charge in [-0.25, -0.2) is 4.98 Å². The number of rotatable bonds is 1. The Hall–Kier alpha value is -2.82. The van der Waals surface area contributed by atoms with E-state index < -0.39 is 0 Å². The summed E-state index contributed by atoms with van der Waals surface area (Å²) in [7, 11) is 0. The summed E-state index contributed by atoms with van der Waals surface area (Å²) in [5.41, 5.74) is 9.19. The zero-order valence-electron chi connectivity index (χ0n) is 9.92. The number of aromatic nitrogens is 3. The largest absolute Gasteiger partial charge is 0.368 e. The maximum Gasteiger partial charge on any atom is 0.222 e. The molecule has 92 valence electrons. The van der Waals surface area contributed by atoms with Crippen LogP contribution in [0, 0.1) is 0 Å². The average Bonchev–Trinajstić information content (AvgIpc) is 3.01. The highest BCUT2D eigenvalue weighted by atomic mass is 16.5. The molecule has 0 spiro atoms. The van der Waals surface area contributed by atoms with Gasteiger partial charge in [-0.3, -0.25) is 0 Å². The second kappa shape index (κ2) is 3.58. The van der Waals surface area contributed by atoms with Crippen molar-refractivity contribution in [1.82, 2.24) is 15.1 Å². The Labute approximate surface area is 108 Å². The second-order valence-corrected chi connectivity index (χ2v) is 4.40. The lowest BCUT2D eigenvalue weighted by Gasteiger charge is -1.96. The number of benzene rings is 1. The fourth-order valence-electron chi connectivity index (χ4n) is 2.31. The third-order valence-electron chi connectivity index (χ3n) is 3.19. The molecule has 1 aromatic carbocycles. The molecule has 0 bridgehead atoms. The molecule has 0 radical (unpaired) electrons. The Morgan fingerprint density at radius 3 is 2.89 bits per heavy atom. The Kier molecular flexibility index (Phi) is 1.91. The van der Waals surface area contributed by atoms with Crippen molar-refractivity contribution < 1.29 is 4.52 Å². The molecular formula is C14H10N4O. The quantitative estimate of drug-likeness (QED) is 0.544. The van der Waals surface area contributed by atoms with Crippen LogP contribution in [0.2, 0.25) is 0 Å². The number of pyridine rings is 1. The van der Waals surface area contributed by atoms with Gasteiger partial charge in [0.25, 0.3) is 0 Å². The zero-order valence-corrected chi connectivity index (χ0v) is 9.92. The van der Waals surface area contributed by atoms with Gasteiger partial charge in [-0.1, -0.05) is 11.2 Å². The molecule has 0 atom stereocenters. The molecule has 5 heteroatoms. The van der Waals surface area contributed by atoms with Crippen LogP contribution in [0.15, 0.2) is 47.1 Å². The van der Waals surface area contributed by atoms with Crippen LogP contribution in [0.3, 0.4) is 0 Å². The Bertz CT molecular complexity index is 891. The molecule has 0 fully saturated rings. The maximum atomic E-state index is 5.55.